The molecule has 5 amide bonds. The molecule has 1 rings (SSSR count). The Morgan fingerprint density at radius 2 is 1.95 bits per heavy atom. The molecule has 0 aromatic carbocycles. The lowest BCUT2D eigenvalue weighted by atomic mass is 10.2. The number of nitrogens with two attached hydrogens (primary N) is 1. The van der Waals surface area contributed by atoms with Gasteiger partial charge in [0.2, 0.25) is 5.91 Å². The third-order valence-electron chi connectivity index (χ3n) is 2.67. The van der Waals surface area contributed by atoms with Crippen molar-refractivity contribution in [2.45, 2.75) is 19.4 Å². The minimum absolute atomic E-state index is 0.0602. The van der Waals surface area contributed by atoms with E-state index in [4.69, 9.17) is 5.73 Å². The Kier molecular flexibility index (Phi) is 5.39. The van der Waals surface area contributed by atoms with Crippen LogP contribution >= 0.6 is 0 Å². The lowest BCUT2D eigenvalue weighted by Gasteiger charge is -2.14. The standard InChI is InChI=1S/C12H18N4O4/c1-3-6-15-10(18)11(19)16(12(15)20)7-9(17)14-5-4-8(2)13/h3,8H,1,4-7,13H2,2H3,(H,14,17). The van der Waals surface area contributed by atoms with E-state index in [1.54, 1.807) is 6.92 Å². The zero-order chi connectivity index (χ0) is 15.3. The van der Waals surface area contributed by atoms with Crippen LogP contribution in [0.1, 0.15) is 13.3 Å². The molecule has 110 valence electrons. The maximum Gasteiger partial charge on any atom is 0.335 e. The van der Waals surface area contributed by atoms with Gasteiger partial charge < -0.3 is 11.1 Å². The largest absolute Gasteiger partial charge is 0.354 e. The maximum absolute atomic E-state index is 11.8. The van der Waals surface area contributed by atoms with Gasteiger partial charge in [0.1, 0.15) is 6.54 Å². The first-order valence-corrected chi connectivity index (χ1v) is 6.19. The molecule has 1 fully saturated rings. The lowest BCUT2D eigenvalue weighted by Crippen LogP contribution is -2.42. The molecule has 1 saturated heterocycles. The number of carbonyl (C=O) groups excluding carboxylic acids is 4. The number of nitrogens with zero attached hydrogens (tertiary/aromatic N) is 2. The molecular weight excluding hydrogens is 264 g/mol. The molecule has 0 bridgehead atoms. The Labute approximate surface area is 116 Å². The number of urea groups is 1. The number of amides is 5. The van der Waals surface area contributed by atoms with Crippen molar-refractivity contribution in [2.24, 2.45) is 5.73 Å². The summed E-state index contributed by atoms with van der Waals surface area (Å²) in [6.07, 6.45) is 1.91. The summed E-state index contributed by atoms with van der Waals surface area (Å²) in [6, 6.07) is -0.864. The van der Waals surface area contributed by atoms with E-state index < -0.39 is 30.3 Å². The average molecular weight is 282 g/mol. The maximum atomic E-state index is 11.8. The van der Waals surface area contributed by atoms with Crippen LogP contribution < -0.4 is 11.1 Å². The van der Waals surface area contributed by atoms with Crippen molar-refractivity contribution in [2.75, 3.05) is 19.6 Å². The van der Waals surface area contributed by atoms with Crippen LogP contribution in [0, 0.1) is 0 Å². The molecule has 20 heavy (non-hydrogen) atoms. The van der Waals surface area contributed by atoms with Crippen LogP contribution in [0.25, 0.3) is 0 Å². The zero-order valence-electron chi connectivity index (χ0n) is 11.3. The van der Waals surface area contributed by atoms with Gasteiger partial charge in [0, 0.05) is 19.1 Å². The smallest absolute Gasteiger partial charge is 0.335 e. The highest BCUT2D eigenvalue weighted by molar-refractivity contribution is 6.45. The Morgan fingerprint density at radius 1 is 1.35 bits per heavy atom. The molecular formula is C12H18N4O4. The predicted octanol–water partition coefficient (Wildman–Crippen LogP) is -1.18. The average Bonchev–Trinajstić information content (AvgIpc) is 2.56. The summed E-state index contributed by atoms with van der Waals surface area (Å²) >= 11 is 0. The molecule has 3 N–H and O–H groups in total. The second kappa shape index (κ2) is 6.80. The Morgan fingerprint density at radius 3 is 2.50 bits per heavy atom. The van der Waals surface area contributed by atoms with Gasteiger partial charge in [-0.3, -0.25) is 19.3 Å². The molecule has 0 spiro atoms. The van der Waals surface area contributed by atoms with E-state index in [0.717, 1.165) is 4.90 Å². The van der Waals surface area contributed by atoms with E-state index >= 15 is 0 Å². The highest BCUT2D eigenvalue weighted by atomic mass is 16.2. The second-order valence-electron chi connectivity index (χ2n) is 4.49. The fourth-order valence-corrected chi connectivity index (χ4v) is 1.62. The summed E-state index contributed by atoms with van der Waals surface area (Å²) in [4.78, 5) is 47.9. The van der Waals surface area contributed by atoms with Gasteiger partial charge in [-0.1, -0.05) is 6.08 Å². The van der Waals surface area contributed by atoms with Crippen LogP contribution in [0.2, 0.25) is 0 Å². The summed E-state index contributed by atoms with van der Waals surface area (Å²) in [5.41, 5.74) is 5.53. The number of carbonyl (C=O) groups is 4. The molecule has 1 aliphatic heterocycles. The number of rotatable bonds is 7. The Balaban J connectivity index is 2.57. The topological polar surface area (TPSA) is 113 Å². The minimum Gasteiger partial charge on any atom is -0.354 e. The molecule has 0 aromatic heterocycles. The molecule has 0 saturated carbocycles. The van der Waals surface area contributed by atoms with Crippen molar-refractivity contribution in [1.82, 2.24) is 15.1 Å². The second-order valence-corrected chi connectivity index (χ2v) is 4.49. The molecule has 1 aliphatic rings. The highest BCUT2D eigenvalue weighted by Gasteiger charge is 2.44. The van der Waals surface area contributed by atoms with Gasteiger partial charge in [-0.05, 0) is 13.3 Å². The van der Waals surface area contributed by atoms with Crippen molar-refractivity contribution in [3.63, 3.8) is 0 Å². The van der Waals surface area contributed by atoms with Crippen LogP contribution in [0.4, 0.5) is 4.79 Å². The third-order valence-corrected chi connectivity index (χ3v) is 2.67. The summed E-state index contributed by atoms with van der Waals surface area (Å²) in [5, 5.41) is 2.53. The van der Waals surface area contributed by atoms with E-state index in [1.165, 1.54) is 6.08 Å². The van der Waals surface area contributed by atoms with E-state index in [1.807, 2.05) is 0 Å². The van der Waals surface area contributed by atoms with Crippen molar-refractivity contribution >= 4 is 23.8 Å². The summed E-state index contributed by atoms with van der Waals surface area (Å²) in [7, 11) is 0. The van der Waals surface area contributed by atoms with Gasteiger partial charge >= 0.3 is 17.8 Å². The van der Waals surface area contributed by atoms with E-state index in [0.29, 0.717) is 17.9 Å². The minimum atomic E-state index is -1.00. The SMILES string of the molecule is C=CCN1C(=O)C(=O)N(CC(=O)NCCC(C)N)C1=O. The molecule has 1 atom stereocenters. The van der Waals surface area contributed by atoms with Crippen LogP contribution in [0.15, 0.2) is 12.7 Å². The zero-order valence-corrected chi connectivity index (χ0v) is 11.3. The van der Waals surface area contributed by atoms with Gasteiger partial charge in [-0.2, -0.15) is 0 Å². The van der Waals surface area contributed by atoms with E-state index in [2.05, 4.69) is 11.9 Å². The first kappa shape index (κ1) is 15.8. The van der Waals surface area contributed by atoms with Gasteiger partial charge in [-0.25, -0.2) is 9.69 Å². The number of hydrogen-bond acceptors (Lipinski definition) is 5. The van der Waals surface area contributed by atoms with Crippen molar-refractivity contribution in [3.8, 4) is 0 Å². The normalized spacial score (nSPS) is 16.6. The molecule has 1 unspecified atom stereocenters. The van der Waals surface area contributed by atoms with Crippen LogP contribution in [0.3, 0.4) is 0 Å². The first-order chi connectivity index (χ1) is 9.38. The summed E-state index contributed by atoms with van der Waals surface area (Å²) in [6.45, 7) is 5.00. The quantitative estimate of drug-likeness (QED) is 0.346. The highest BCUT2D eigenvalue weighted by Crippen LogP contribution is 2.11. The fourth-order valence-electron chi connectivity index (χ4n) is 1.62. The van der Waals surface area contributed by atoms with Crippen LogP contribution in [-0.4, -0.2) is 59.2 Å². The van der Waals surface area contributed by atoms with E-state index in [9.17, 15) is 19.2 Å². The molecule has 8 heteroatoms. The van der Waals surface area contributed by atoms with Gasteiger partial charge in [-0.15, -0.1) is 6.58 Å². The molecule has 0 radical (unpaired) electrons. The van der Waals surface area contributed by atoms with Gasteiger partial charge in [0.05, 0.1) is 0 Å². The number of nitrogens with one attached hydrogen (secondary N) is 1. The summed E-state index contributed by atoms with van der Waals surface area (Å²) < 4.78 is 0. The van der Waals surface area contributed by atoms with Crippen molar-refractivity contribution in [1.29, 1.82) is 0 Å². The number of imide groups is 2. The van der Waals surface area contributed by atoms with Crippen LogP contribution in [0.5, 0.6) is 0 Å². The Bertz CT molecular complexity index is 447. The first-order valence-electron chi connectivity index (χ1n) is 6.19. The van der Waals surface area contributed by atoms with E-state index in [-0.39, 0.29) is 12.6 Å². The Hall–Kier alpha value is -2.22. The number of hydrogen-bond donors (Lipinski definition) is 2. The summed E-state index contributed by atoms with van der Waals surface area (Å²) in [5.74, 6) is -2.46. The van der Waals surface area contributed by atoms with Crippen molar-refractivity contribution < 1.29 is 19.2 Å². The lowest BCUT2D eigenvalue weighted by molar-refractivity contribution is -0.143. The van der Waals surface area contributed by atoms with Crippen LogP contribution in [-0.2, 0) is 14.4 Å². The van der Waals surface area contributed by atoms with Crippen molar-refractivity contribution in [3.05, 3.63) is 12.7 Å². The van der Waals surface area contributed by atoms with Gasteiger partial charge in [0.25, 0.3) is 0 Å². The monoisotopic (exact) mass is 282 g/mol. The molecule has 0 aliphatic carbocycles. The molecule has 8 nitrogen and oxygen atoms in total. The molecule has 0 aromatic rings. The van der Waals surface area contributed by atoms with Gasteiger partial charge in [0.15, 0.2) is 0 Å². The fraction of sp³-hybridized carbons (Fsp3) is 0.500. The predicted molar refractivity (Wildman–Crippen MR) is 70.3 cm³/mol. The third kappa shape index (κ3) is 3.64. The molecule has 1 heterocycles.